The molecule has 5 nitrogen and oxygen atoms in total. The lowest BCUT2D eigenvalue weighted by atomic mass is 11.9. The predicted molar refractivity (Wildman–Crippen MR) is 55.1 cm³/mol. The van der Waals surface area contributed by atoms with Crippen LogP contribution in [0.4, 0.5) is 0 Å². The van der Waals surface area contributed by atoms with E-state index in [-0.39, 0.29) is 0 Å². The van der Waals surface area contributed by atoms with Gasteiger partial charge >= 0.3 is 24.7 Å². The van der Waals surface area contributed by atoms with Crippen molar-refractivity contribution in [2.24, 2.45) is 0 Å². The van der Waals surface area contributed by atoms with Crippen molar-refractivity contribution in [2.45, 2.75) is 26.2 Å². The fourth-order valence-corrected chi connectivity index (χ4v) is 7.81. The van der Waals surface area contributed by atoms with Crippen molar-refractivity contribution in [3.63, 3.8) is 0 Å². The Kier molecular flexibility index (Phi) is 4.09. The zero-order chi connectivity index (χ0) is 10.9. The summed E-state index contributed by atoms with van der Waals surface area (Å²) in [5.41, 5.74) is 0. The smallest absolute Gasteiger partial charge is 0.337 e. The van der Waals surface area contributed by atoms with Gasteiger partial charge in [-0.3, -0.25) is 4.57 Å². The standard InChI is InChI=1S/C5H17O5PSi2/c1-11(6,9-12(2,3)7)10-13(4,5)8/h7-8H,1-5H3. The lowest BCUT2D eigenvalue weighted by Crippen LogP contribution is -2.33. The monoisotopic (exact) mass is 244 g/mol. The van der Waals surface area contributed by atoms with E-state index in [1.54, 1.807) is 0 Å². The SMILES string of the molecule is C[Si](C)(O)OP(C)(=O)O[Si](C)(C)O. The van der Waals surface area contributed by atoms with Gasteiger partial charge in [0, 0.05) is 6.66 Å². The van der Waals surface area contributed by atoms with E-state index in [9.17, 15) is 14.2 Å². The van der Waals surface area contributed by atoms with E-state index < -0.39 is 24.7 Å². The van der Waals surface area contributed by atoms with E-state index in [0.29, 0.717) is 0 Å². The van der Waals surface area contributed by atoms with E-state index in [1.807, 2.05) is 0 Å². The Hall–Kier alpha value is 0.504. The molecule has 0 saturated carbocycles. The van der Waals surface area contributed by atoms with Gasteiger partial charge in [-0.25, -0.2) is 0 Å². The molecule has 13 heavy (non-hydrogen) atoms. The quantitative estimate of drug-likeness (QED) is 0.574. The zero-order valence-electron chi connectivity index (χ0n) is 8.57. The third-order valence-corrected chi connectivity index (χ3v) is 7.01. The molecule has 0 aromatic carbocycles. The lowest BCUT2D eigenvalue weighted by Gasteiger charge is -2.25. The lowest BCUT2D eigenvalue weighted by molar-refractivity contribution is 0.308. The first-order valence-corrected chi connectivity index (χ1v) is 11.6. The minimum Gasteiger partial charge on any atom is -0.411 e. The maximum absolute atomic E-state index is 11.6. The molecular formula is C5H17O5PSi2. The zero-order valence-corrected chi connectivity index (χ0v) is 11.5. The maximum atomic E-state index is 11.6. The molecule has 0 amide bonds. The van der Waals surface area contributed by atoms with Crippen LogP contribution in [0.1, 0.15) is 0 Å². The first-order chi connectivity index (χ1) is 5.41. The first-order valence-electron chi connectivity index (χ1n) is 3.85. The molecule has 0 aliphatic heterocycles. The van der Waals surface area contributed by atoms with Gasteiger partial charge in [0.05, 0.1) is 0 Å². The largest absolute Gasteiger partial charge is 0.411 e. The van der Waals surface area contributed by atoms with Gasteiger partial charge in [-0.05, 0) is 26.2 Å². The molecule has 0 spiro atoms. The van der Waals surface area contributed by atoms with Crippen LogP contribution >= 0.6 is 7.60 Å². The Labute approximate surface area is 80.7 Å². The molecule has 0 saturated heterocycles. The van der Waals surface area contributed by atoms with Gasteiger partial charge in [0.25, 0.3) is 0 Å². The summed E-state index contributed by atoms with van der Waals surface area (Å²) in [5.74, 6) is 0. The van der Waals surface area contributed by atoms with Crippen molar-refractivity contribution < 1.29 is 22.6 Å². The van der Waals surface area contributed by atoms with Crippen LogP contribution in [-0.2, 0) is 13.0 Å². The minimum atomic E-state index is -3.31. The highest BCUT2D eigenvalue weighted by molar-refractivity contribution is 7.56. The van der Waals surface area contributed by atoms with Crippen LogP contribution in [0.25, 0.3) is 0 Å². The Morgan fingerprint density at radius 3 is 1.38 bits per heavy atom. The molecule has 0 aromatic heterocycles. The molecule has 0 unspecified atom stereocenters. The highest BCUT2D eigenvalue weighted by Crippen LogP contribution is 2.48. The van der Waals surface area contributed by atoms with Gasteiger partial charge in [0.1, 0.15) is 0 Å². The minimum absolute atomic E-state index is 1.25. The molecule has 8 heteroatoms. The molecule has 0 rings (SSSR count). The molecule has 0 aliphatic carbocycles. The van der Waals surface area contributed by atoms with Crippen molar-refractivity contribution in [2.75, 3.05) is 6.66 Å². The number of rotatable bonds is 4. The second kappa shape index (κ2) is 3.94. The Morgan fingerprint density at radius 1 is 1.00 bits per heavy atom. The Balaban J connectivity index is 4.35. The third-order valence-electron chi connectivity index (χ3n) is 0.778. The van der Waals surface area contributed by atoms with Gasteiger partial charge < -0.3 is 18.0 Å². The summed E-state index contributed by atoms with van der Waals surface area (Å²) in [5, 5.41) is 0. The van der Waals surface area contributed by atoms with Crippen molar-refractivity contribution in [1.82, 2.24) is 0 Å². The third kappa shape index (κ3) is 8.82. The number of hydrogen-bond acceptors (Lipinski definition) is 5. The van der Waals surface area contributed by atoms with E-state index in [2.05, 4.69) is 0 Å². The van der Waals surface area contributed by atoms with Crippen LogP contribution in [-0.4, -0.2) is 33.4 Å². The Bertz CT molecular complexity index is 198. The summed E-state index contributed by atoms with van der Waals surface area (Å²) < 4.78 is 21.4. The number of hydrogen-bond donors (Lipinski definition) is 2. The highest BCUT2D eigenvalue weighted by atomic mass is 31.2. The summed E-state index contributed by atoms with van der Waals surface area (Å²) in [7, 11) is -9.05. The highest BCUT2D eigenvalue weighted by Gasteiger charge is 2.35. The van der Waals surface area contributed by atoms with E-state index >= 15 is 0 Å². The van der Waals surface area contributed by atoms with Gasteiger partial charge in [-0.1, -0.05) is 0 Å². The summed E-state index contributed by atoms with van der Waals surface area (Å²) in [6.07, 6.45) is 0. The molecular weight excluding hydrogens is 227 g/mol. The molecule has 0 radical (unpaired) electrons. The predicted octanol–water partition coefficient (Wildman–Crippen LogP) is 1.23. The van der Waals surface area contributed by atoms with Crippen molar-refractivity contribution in [3.8, 4) is 0 Å². The second-order valence-corrected chi connectivity index (χ2v) is 12.6. The molecule has 0 fully saturated rings. The van der Waals surface area contributed by atoms with E-state index in [1.165, 1.54) is 32.9 Å². The van der Waals surface area contributed by atoms with Crippen LogP contribution in [0.3, 0.4) is 0 Å². The summed E-state index contributed by atoms with van der Waals surface area (Å²) in [4.78, 5) is 18.7. The first kappa shape index (κ1) is 13.5. The molecule has 80 valence electrons. The molecule has 0 heterocycles. The summed E-state index contributed by atoms with van der Waals surface area (Å²) in [6, 6.07) is 0. The average Bonchev–Trinajstić information content (AvgIpc) is 1.43. The molecule has 0 aromatic rings. The van der Waals surface area contributed by atoms with E-state index in [4.69, 9.17) is 8.43 Å². The van der Waals surface area contributed by atoms with Crippen molar-refractivity contribution >= 4 is 24.7 Å². The molecule has 0 aliphatic rings. The van der Waals surface area contributed by atoms with E-state index in [0.717, 1.165) is 0 Å². The summed E-state index contributed by atoms with van der Waals surface area (Å²) in [6.45, 7) is 7.19. The van der Waals surface area contributed by atoms with Gasteiger partial charge in [-0.15, -0.1) is 0 Å². The van der Waals surface area contributed by atoms with Crippen LogP contribution in [0.2, 0.25) is 26.2 Å². The molecule has 0 bridgehead atoms. The van der Waals surface area contributed by atoms with Crippen LogP contribution < -0.4 is 0 Å². The van der Waals surface area contributed by atoms with Gasteiger partial charge in [-0.2, -0.15) is 0 Å². The molecule has 0 atom stereocenters. The van der Waals surface area contributed by atoms with Gasteiger partial charge in [0.15, 0.2) is 0 Å². The normalized spacial score (nSPS) is 14.7. The van der Waals surface area contributed by atoms with Gasteiger partial charge in [0.2, 0.25) is 0 Å². The van der Waals surface area contributed by atoms with Crippen LogP contribution in [0, 0.1) is 0 Å². The van der Waals surface area contributed by atoms with Crippen molar-refractivity contribution in [3.05, 3.63) is 0 Å². The average molecular weight is 244 g/mol. The topological polar surface area (TPSA) is 76.0 Å². The van der Waals surface area contributed by atoms with Crippen LogP contribution in [0.5, 0.6) is 0 Å². The Morgan fingerprint density at radius 2 is 1.23 bits per heavy atom. The fraction of sp³-hybridized carbons (Fsp3) is 1.00. The fourth-order valence-electron chi connectivity index (χ4n) is 0.830. The maximum Gasteiger partial charge on any atom is 0.337 e. The second-order valence-electron chi connectivity index (χ2n) is 3.85. The van der Waals surface area contributed by atoms with Crippen LogP contribution in [0.15, 0.2) is 0 Å². The van der Waals surface area contributed by atoms with Crippen molar-refractivity contribution in [1.29, 1.82) is 0 Å². The molecule has 2 N–H and O–H groups in total. The summed E-state index contributed by atoms with van der Waals surface area (Å²) >= 11 is 0.